The third-order valence-electron chi connectivity index (χ3n) is 5.71. The van der Waals surface area contributed by atoms with Crippen molar-refractivity contribution >= 4 is 5.96 Å². The Kier molecular flexibility index (Phi) is 8.56. The number of imidazole rings is 1. The van der Waals surface area contributed by atoms with Crippen molar-refractivity contribution < 1.29 is 4.74 Å². The molecule has 2 heterocycles. The summed E-state index contributed by atoms with van der Waals surface area (Å²) in [4.78, 5) is 11.1. The molecule has 0 saturated carbocycles. The van der Waals surface area contributed by atoms with Crippen LogP contribution in [0.15, 0.2) is 54.0 Å². The van der Waals surface area contributed by atoms with Crippen molar-refractivity contribution in [3.63, 3.8) is 0 Å². The minimum absolute atomic E-state index is 0.447. The maximum Gasteiger partial charge on any atom is 0.193 e. The van der Waals surface area contributed by atoms with Crippen LogP contribution in [0.2, 0.25) is 0 Å². The molecule has 0 radical (unpaired) electrons. The van der Waals surface area contributed by atoms with Gasteiger partial charge >= 0.3 is 0 Å². The first-order valence-electron chi connectivity index (χ1n) is 10.8. The topological polar surface area (TPSA) is 54.7 Å². The third kappa shape index (κ3) is 6.60. The number of unbranched alkanes of at least 4 members (excludes halogenated alkanes) is 1. The summed E-state index contributed by atoms with van der Waals surface area (Å²) in [6.07, 6.45) is 10.2. The fourth-order valence-corrected chi connectivity index (χ4v) is 3.89. The van der Waals surface area contributed by atoms with Gasteiger partial charge < -0.3 is 19.5 Å². The van der Waals surface area contributed by atoms with Crippen molar-refractivity contribution in [3.8, 4) is 0 Å². The molecule has 1 saturated heterocycles. The SMILES string of the molecule is CN=C(NCCCCOCCc1ccccc1)N1CCC(C)C(n2ccnc2)C1. The molecule has 1 fully saturated rings. The molecule has 2 unspecified atom stereocenters. The molecule has 2 atom stereocenters. The molecule has 1 aromatic heterocycles. The molecular weight excluding hydrogens is 362 g/mol. The van der Waals surface area contributed by atoms with E-state index in [-0.39, 0.29) is 0 Å². The van der Waals surface area contributed by atoms with E-state index in [1.807, 2.05) is 25.6 Å². The van der Waals surface area contributed by atoms with E-state index in [0.29, 0.717) is 12.0 Å². The lowest BCUT2D eigenvalue weighted by Gasteiger charge is -2.39. The molecule has 0 bridgehead atoms. The van der Waals surface area contributed by atoms with Gasteiger partial charge in [0.1, 0.15) is 0 Å². The summed E-state index contributed by atoms with van der Waals surface area (Å²) in [7, 11) is 1.87. The number of ether oxygens (including phenoxy) is 1. The second-order valence-electron chi connectivity index (χ2n) is 7.82. The van der Waals surface area contributed by atoms with Gasteiger partial charge in [0.2, 0.25) is 0 Å². The third-order valence-corrected chi connectivity index (χ3v) is 5.71. The van der Waals surface area contributed by atoms with Crippen LogP contribution in [0.4, 0.5) is 0 Å². The Labute approximate surface area is 175 Å². The van der Waals surface area contributed by atoms with E-state index >= 15 is 0 Å². The fourth-order valence-electron chi connectivity index (χ4n) is 3.89. The maximum atomic E-state index is 5.78. The molecule has 29 heavy (non-hydrogen) atoms. The monoisotopic (exact) mass is 397 g/mol. The van der Waals surface area contributed by atoms with Crippen LogP contribution in [-0.2, 0) is 11.2 Å². The number of nitrogens with one attached hydrogen (secondary N) is 1. The van der Waals surface area contributed by atoms with E-state index in [2.05, 4.69) is 62.1 Å². The molecular formula is C23H35N5O. The van der Waals surface area contributed by atoms with Crippen LogP contribution in [0, 0.1) is 5.92 Å². The number of piperidine rings is 1. The largest absolute Gasteiger partial charge is 0.381 e. The van der Waals surface area contributed by atoms with E-state index in [1.54, 1.807) is 0 Å². The molecule has 2 aromatic rings. The zero-order chi connectivity index (χ0) is 20.3. The van der Waals surface area contributed by atoms with E-state index in [1.165, 1.54) is 12.0 Å². The van der Waals surface area contributed by atoms with E-state index in [9.17, 15) is 0 Å². The van der Waals surface area contributed by atoms with Gasteiger partial charge in [0.25, 0.3) is 0 Å². The van der Waals surface area contributed by atoms with E-state index in [0.717, 1.165) is 58.1 Å². The molecule has 1 aromatic carbocycles. The number of hydrogen-bond donors (Lipinski definition) is 1. The van der Waals surface area contributed by atoms with Crippen LogP contribution >= 0.6 is 0 Å². The minimum atomic E-state index is 0.447. The summed E-state index contributed by atoms with van der Waals surface area (Å²) >= 11 is 0. The average molecular weight is 398 g/mol. The van der Waals surface area contributed by atoms with Crippen LogP contribution < -0.4 is 5.32 Å². The second-order valence-corrected chi connectivity index (χ2v) is 7.82. The van der Waals surface area contributed by atoms with Gasteiger partial charge in [-0.25, -0.2) is 4.98 Å². The highest BCUT2D eigenvalue weighted by atomic mass is 16.5. The van der Waals surface area contributed by atoms with Gasteiger partial charge in [-0.2, -0.15) is 0 Å². The molecule has 0 aliphatic carbocycles. The zero-order valence-electron chi connectivity index (χ0n) is 17.8. The number of hydrogen-bond acceptors (Lipinski definition) is 3. The molecule has 3 rings (SSSR count). The molecule has 0 spiro atoms. The maximum absolute atomic E-state index is 5.78. The summed E-state index contributed by atoms with van der Waals surface area (Å²) in [6.45, 7) is 6.89. The normalized spacial score (nSPS) is 20.1. The van der Waals surface area contributed by atoms with Crippen molar-refractivity contribution in [1.29, 1.82) is 0 Å². The van der Waals surface area contributed by atoms with Crippen molar-refractivity contribution in [2.45, 2.75) is 38.6 Å². The summed E-state index contributed by atoms with van der Waals surface area (Å²) in [6, 6.07) is 11.0. The Bertz CT molecular complexity index is 716. The first-order valence-corrected chi connectivity index (χ1v) is 10.8. The number of benzene rings is 1. The van der Waals surface area contributed by atoms with Gasteiger partial charge in [-0.3, -0.25) is 4.99 Å². The second kappa shape index (κ2) is 11.6. The first kappa shape index (κ1) is 21.4. The van der Waals surface area contributed by atoms with Crippen LogP contribution in [0.25, 0.3) is 0 Å². The first-order chi connectivity index (χ1) is 14.3. The highest BCUT2D eigenvalue weighted by Crippen LogP contribution is 2.27. The van der Waals surface area contributed by atoms with Gasteiger partial charge in [-0.05, 0) is 37.2 Å². The molecule has 1 N–H and O–H groups in total. The molecule has 1 aliphatic rings. The summed E-state index contributed by atoms with van der Waals surface area (Å²) in [5.74, 6) is 1.65. The highest BCUT2D eigenvalue weighted by Gasteiger charge is 2.28. The molecule has 158 valence electrons. The van der Waals surface area contributed by atoms with E-state index < -0.39 is 0 Å². The van der Waals surface area contributed by atoms with Crippen LogP contribution in [0.5, 0.6) is 0 Å². The van der Waals surface area contributed by atoms with Crippen LogP contribution in [-0.4, -0.2) is 60.3 Å². The Balaban J connectivity index is 1.31. The fraction of sp³-hybridized carbons (Fsp3) is 0.565. The summed E-state index contributed by atoms with van der Waals surface area (Å²) in [5, 5.41) is 3.53. The predicted octanol–water partition coefficient (Wildman–Crippen LogP) is 3.38. The lowest BCUT2D eigenvalue weighted by Crippen LogP contribution is -2.49. The summed E-state index contributed by atoms with van der Waals surface area (Å²) in [5.41, 5.74) is 1.34. The lowest BCUT2D eigenvalue weighted by molar-refractivity contribution is 0.133. The Morgan fingerprint density at radius 3 is 2.86 bits per heavy atom. The predicted molar refractivity (Wildman–Crippen MR) is 118 cm³/mol. The molecule has 1 aliphatic heterocycles. The van der Waals surface area contributed by atoms with Crippen molar-refractivity contribution in [1.82, 2.24) is 19.8 Å². The van der Waals surface area contributed by atoms with Gasteiger partial charge in [0.05, 0.1) is 19.0 Å². The average Bonchev–Trinajstić information content (AvgIpc) is 3.29. The highest BCUT2D eigenvalue weighted by molar-refractivity contribution is 5.80. The van der Waals surface area contributed by atoms with Gasteiger partial charge in [-0.15, -0.1) is 0 Å². The zero-order valence-corrected chi connectivity index (χ0v) is 17.8. The Hall–Kier alpha value is -2.34. The van der Waals surface area contributed by atoms with Crippen LogP contribution in [0.3, 0.4) is 0 Å². The van der Waals surface area contributed by atoms with Crippen molar-refractivity contribution in [3.05, 3.63) is 54.6 Å². The van der Waals surface area contributed by atoms with Crippen LogP contribution in [0.1, 0.15) is 37.8 Å². The smallest absolute Gasteiger partial charge is 0.193 e. The van der Waals surface area contributed by atoms with E-state index in [4.69, 9.17) is 4.74 Å². The minimum Gasteiger partial charge on any atom is -0.381 e. The number of aromatic nitrogens is 2. The number of aliphatic imine (C=N–C) groups is 1. The number of likely N-dealkylation sites (tertiary alicyclic amines) is 1. The van der Waals surface area contributed by atoms with Crippen molar-refractivity contribution in [2.75, 3.05) is 39.9 Å². The standard InChI is InChI=1S/C23H35N5O/c1-20-10-14-27(18-22(20)28-15-13-25-19-28)23(24-2)26-12-6-7-16-29-17-11-21-8-4-3-5-9-21/h3-5,8-9,13,15,19-20,22H,6-7,10-12,14,16-18H2,1-2H3,(H,24,26). The van der Waals surface area contributed by atoms with Gasteiger partial charge in [0, 0.05) is 45.7 Å². The number of nitrogens with zero attached hydrogens (tertiary/aromatic N) is 4. The Morgan fingerprint density at radius 1 is 1.24 bits per heavy atom. The van der Waals surface area contributed by atoms with Gasteiger partial charge in [-0.1, -0.05) is 37.3 Å². The number of guanidine groups is 1. The summed E-state index contributed by atoms with van der Waals surface area (Å²) < 4.78 is 8.01. The lowest BCUT2D eigenvalue weighted by atomic mass is 9.93. The number of rotatable bonds is 9. The molecule has 6 heteroatoms. The molecule has 0 amide bonds. The van der Waals surface area contributed by atoms with Gasteiger partial charge in [0.15, 0.2) is 5.96 Å². The Morgan fingerprint density at radius 2 is 2.10 bits per heavy atom. The molecule has 6 nitrogen and oxygen atoms in total. The van der Waals surface area contributed by atoms with Crippen molar-refractivity contribution in [2.24, 2.45) is 10.9 Å². The quantitative estimate of drug-likeness (QED) is 0.400.